The molecule has 0 fully saturated rings. The summed E-state index contributed by atoms with van der Waals surface area (Å²) in [5.41, 5.74) is 2.10. The summed E-state index contributed by atoms with van der Waals surface area (Å²) >= 11 is 0. The molecule has 2 heterocycles. The van der Waals surface area contributed by atoms with E-state index in [1.54, 1.807) is 13.0 Å². The Hall–Kier alpha value is -4.51. The van der Waals surface area contributed by atoms with Crippen LogP contribution in [0, 0.1) is 26.6 Å². The molecule has 0 aliphatic carbocycles. The van der Waals surface area contributed by atoms with Gasteiger partial charge in [-0.1, -0.05) is 17.7 Å². The monoisotopic (exact) mass is 551 g/mol. The van der Waals surface area contributed by atoms with Gasteiger partial charge in [0.1, 0.15) is 11.3 Å². The van der Waals surface area contributed by atoms with Crippen LogP contribution in [0.1, 0.15) is 34.0 Å². The van der Waals surface area contributed by atoms with E-state index in [1.807, 2.05) is 37.6 Å². The number of carbonyl (C=O) groups is 1. The van der Waals surface area contributed by atoms with Crippen molar-refractivity contribution in [1.82, 2.24) is 14.7 Å². The van der Waals surface area contributed by atoms with Gasteiger partial charge in [-0.15, -0.1) is 0 Å². The van der Waals surface area contributed by atoms with E-state index in [-0.39, 0.29) is 22.9 Å². The van der Waals surface area contributed by atoms with Crippen LogP contribution in [0.2, 0.25) is 0 Å². The quantitative estimate of drug-likeness (QED) is 0.322. The van der Waals surface area contributed by atoms with E-state index in [0.717, 1.165) is 22.8 Å². The lowest BCUT2D eigenvalue weighted by Crippen LogP contribution is -2.34. The number of halogens is 1. The molecule has 0 atom stereocenters. The maximum absolute atomic E-state index is 14.6. The number of aryl methyl sites for hydroxylation is 3. The van der Waals surface area contributed by atoms with Gasteiger partial charge in [-0.25, -0.2) is 22.5 Å². The number of sulfonamides is 1. The van der Waals surface area contributed by atoms with Crippen molar-refractivity contribution < 1.29 is 27.1 Å². The largest absolute Gasteiger partial charge is 0.491 e. The number of hydrogen-bond donors (Lipinski definition) is 2. The van der Waals surface area contributed by atoms with Gasteiger partial charge in [-0.2, -0.15) is 0 Å². The van der Waals surface area contributed by atoms with Gasteiger partial charge in [0.05, 0.1) is 12.3 Å². The van der Waals surface area contributed by atoms with Crippen LogP contribution < -0.4 is 19.8 Å². The summed E-state index contributed by atoms with van der Waals surface area (Å²) in [7, 11) is -4.52. The fourth-order valence-electron chi connectivity index (χ4n) is 4.06. The van der Waals surface area contributed by atoms with Crippen LogP contribution in [0.25, 0.3) is 11.3 Å². The van der Waals surface area contributed by atoms with Crippen molar-refractivity contribution in [3.8, 4) is 28.6 Å². The Balaban J connectivity index is 1.79. The van der Waals surface area contributed by atoms with Gasteiger partial charge in [0.25, 0.3) is 21.5 Å². The first-order chi connectivity index (χ1) is 18.5. The number of amides is 1. The Kier molecular flexibility index (Phi) is 7.82. The van der Waals surface area contributed by atoms with E-state index < -0.39 is 32.2 Å². The number of rotatable bonds is 8. The summed E-state index contributed by atoms with van der Waals surface area (Å²) in [6, 6.07) is 13.3. The topological polar surface area (TPSA) is 127 Å². The van der Waals surface area contributed by atoms with Gasteiger partial charge in [0.2, 0.25) is 5.88 Å². The fourth-order valence-corrected chi connectivity index (χ4v) is 5.08. The summed E-state index contributed by atoms with van der Waals surface area (Å²) in [6.45, 7) is 7.62. The summed E-state index contributed by atoms with van der Waals surface area (Å²) in [5, 5.41) is 0. The smallest absolute Gasteiger partial charge is 0.270 e. The molecule has 0 saturated heterocycles. The number of carbonyl (C=O) groups excluding carboxylic acids is 1. The van der Waals surface area contributed by atoms with Crippen LogP contribution in [-0.4, -0.2) is 30.9 Å². The van der Waals surface area contributed by atoms with Crippen molar-refractivity contribution >= 4 is 15.9 Å². The molecule has 0 bridgehead atoms. The van der Waals surface area contributed by atoms with Crippen LogP contribution in [0.15, 0.2) is 70.5 Å². The number of aromatic amines is 1. The lowest BCUT2D eigenvalue weighted by atomic mass is 10.1. The van der Waals surface area contributed by atoms with Gasteiger partial charge in [-0.05, 0) is 81.3 Å². The maximum Gasteiger partial charge on any atom is 0.270 e. The van der Waals surface area contributed by atoms with Crippen molar-refractivity contribution in [2.24, 2.45) is 0 Å². The number of nitrogens with one attached hydrogen (secondary N) is 2. The highest BCUT2D eigenvalue weighted by Crippen LogP contribution is 2.33. The van der Waals surface area contributed by atoms with Crippen LogP contribution in [0.4, 0.5) is 4.39 Å². The number of hydrogen-bond acceptors (Lipinski definition) is 7. The van der Waals surface area contributed by atoms with Crippen LogP contribution in [0.3, 0.4) is 0 Å². The van der Waals surface area contributed by atoms with Crippen LogP contribution in [0.5, 0.6) is 17.4 Å². The van der Waals surface area contributed by atoms with E-state index in [1.165, 1.54) is 36.5 Å². The van der Waals surface area contributed by atoms with E-state index in [2.05, 4.69) is 9.97 Å². The molecule has 9 nitrogen and oxygen atoms in total. The van der Waals surface area contributed by atoms with Gasteiger partial charge >= 0.3 is 0 Å². The van der Waals surface area contributed by atoms with Gasteiger partial charge < -0.3 is 14.5 Å². The molecule has 11 heteroatoms. The third-order valence-corrected chi connectivity index (χ3v) is 7.09. The Bertz CT molecular complexity index is 1710. The third-order valence-electron chi connectivity index (χ3n) is 5.73. The molecule has 0 aliphatic rings. The van der Waals surface area contributed by atoms with Crippen molar-refractivity contribution in [3.63, 3.8) is 0 Å². The molecule has 1 amide bonds. The van der Waals surface area contributed by atoms with Crippen molar-refractivity contribution in [1.29, 1.82) is 0 Å². The van der Waals surface area contributed by atoms with Gasteiger partial charge in [0, 0.05) is 11.8 Å². The summed E-state index contributed by atoms with van der Waals surface area (Å²) in [4.78, 5) is 31.3. The Morgan fingerprint density at radius 2 is 1.77 bits per heavy atom. The van der Waals surface area contributed by atoms with E-state index >= 15 is 0 Å². The molecule has 2 aromatic heterocycles. The van der Waals surface area contributed by atoms with E-state index in [0.29, 0.717) is 17.9 Å². The normalized spacial score (nSPS) is 11.2. The molecule has 4 rings (SSSR count). The Morgan fingerprint density at radius 1 is 1.05 bits per heavy atom. The van der Waals surface area contributed by atoms with E-state index in [4.69, 9.17) is 9.47 Å². The van der Waals surface area contributed by atoms with Crippen LogP contribution in [-0.2, 0) is 10.0 Å². The average molecular weight is 552 g/mol. The number of H-pyrrole nitrogens is 1. The highest BCUT2D eigenvalue weighted by molar-refractivity contribution is 7.90. The first-order valence-corrected chi connectivity index (χ1v) is 13.4. The first-order valence-electron chi connectivity index (χ1n) is 11.9. The molecule has 0 saturated carbocycles. The summed E-state index contributed by atoms with van der Waals surface area (Å²) < 4.78 is 53.4. The molecule has 0 spiro atoms. The predicted molar refractivity (Wildman–Crippen MR) is 143 cm³/mol. The second kappa shape index (κ2) is 11.1. The molecular formula is C28H26FN3O6S. The van der Waals surface area contributed by atoms with Gasteiger partial charge in [0.15, 0.2) is 16.5 Å². The zero-order valence-corrected chi connectivity index (χ0v) is 22.5. The minimum atomic E-state index is -4.52. The number of aromatic nitrogens is 2. The Morgan fingerprint density at radius 3 is 2.41 bits per heavy atom. The van der Waals surface area contributed by atoms with Gasteiger partial charge in [-0.3, -0.25) is 9.59 Å². The molecule has 2 aromatic carbocycles. The van der Waals surface area contributed by atoms with Crippen LogP contribution >= 0.6 is 0 Å². The SMILES string of the molecule is CCOc1ccc(-c2ccc(C(=O)NS(=O)(=O)c3ccc[nH]c3=O)c(Oc3c(C)cc(C)cc3C)n2)cc1F. The number of benzene rings is 2. The molecule has 4 aromatic rings. The lowest BCUT2D eigenvalue weighted by Gasteiger charge is -2.16. The van der Waals surface area contributed by atoms with E-state index in [9.17, 15) is 22.4 Å². The third kappa shape index (κ3) is 5.99. The number of ether oxygens (including phenoxy) is 2. The first kappa shape index (κ1) is 27.5. The fraction of sp³-hybridized carbons (Fsp3) is 0.179. The second-order valence-corrected chi connectivity index (χ2v) is 10.4. The molecular weight excluding hydrogens is 525 g/mol. The second-order valence-electron chi connectivity index (χ2n) is 8.76. The molecule has 0 unspecified atom stereocenters. The molecule has 39 heavy (non-hydrogen) atoms. The highest BCUT2D eigenvalue weighted by Gasteiger charge is 2.25. The number of nitrogens with zero attached hydrogens (tertiary/aromatic N) is 1. The minimum absolute atomic E-state index is 0.0840. The maximum atomic E-state index is 14.6. The minimum Gasteiger partial charge on any atom is -0.491 e. The summed E-state index contributed by atoms with van der Waals surface area (Å²) in [6.07, 6.45) is 1.27. The van der Waals surface area contributed by atoms with Crippen molar-refractivity contribution in [3.05, 3.63) is 99.2 Å². The zero-order valence-electron chi connectivity index (χ0n) is 21.7. The zero-order chi connectivity index (χ0) is 28.3. The highest BCUT2D eigenvalue weighted by atomic mass is 32.2. The number of pyridine rings is 2. The van der Waals surface area contributed by atoms with Crippen molar-refractivity contribution in [2.75, 3.05) is 6.61 Å². The lowest BCUT2D eigenvalue weighted by molar-refractivity contribution is 0.0978. The average Bonchev–Trinajstić information content (AvgIpc) is 2.87. The molecule has 0 radical (unpaired) electrons. The van der Waals surface area contributed by atoms with Crippen molar-refractivity contribution in [2.45, 2.75) is 32.6 Å². The molecule has 2 N–H and O–H groups in total. The predicted octanol–water partition coefficient (Wildman–Crippen LogP) is 4.81. The molecule has 202 valence electrons. The summed E-state index contributed by atoms with van der Waals surface area (Å²) in [5.74, 6) is -1.34. The standard InChI is InChI=1S/C28H26FN3O6S/c1-5-37-23-11-8-19(15-21(23)29)22-10-9-20(26(33)32-39(35,36)24-7-6-12-30-27(24)34)28(31-22)38-25-17(3)13-16(2)14-18(25)4/h6-15H,5H2,1-4H3,(H,30,34)(H,32,33). The molecule has 0 aliphatic heterocycles. The Labute approximate surface area is 224 Å².